The normalized spacial score (nSPS) is 19.5. The molecule has 1 aromatic carbocycles. The number of alkyl halides is 3. The number of halogens is 3. The molecule has 2 aromatic heterocycles. The minimum absolute atomic E-state index is 0.0285. The number of piperazine rings is 1. The van der Waals surface area contributed by atoms with Crippen LogP contribution in [0.3, 0.4) is 0 Å². The predicted octanol–water partition coefficient (Wildman–Crippen LogP) is 2.42. The van der Waals surface area contributed by atoms with Gasteiger partial charge in [-0.15, -0.1) is 0 Å². The van der Waals surface area contributed by atoms with Crippen molar-refractivity contribution < 1.29 is 44.8 Å². The third kappa shape index (κ3) is 5.20. The molecule has 17 heteroatoms. The number of nitrogens with one attached hydrogen (secondary N) is 1. The lowest BCUT2D eigenvalue weighted by molar-refractivity contribution is -0.170. The number of benzene rings is 1. The Morgan fingerprint density at radius 2 is 1.89 bits per heavy atom. The molecule has 46 heavy (non-hydrogen) atoms. The van der Waals surface area contributed by atoms with E-state index in [1.165, 1.54) is 17.6 Å². The Hall–Kier alpha value is -4.06. The van der Waals surface area contributed by atoms with Crippen LogP contribution < -0.4 is 15.6 Å². The van der Waals surface area contributed by atoms with Crippen molar-refractivity contribution in [3.8, 4) is 17.1 Å². The van der Waals surface area contributed by atoms with Crippen molar-refractivity contribution >= 4 is 33.1 Å². The molecule has 246 valence electrons. The second kappa shape index (κ2) is 11.3. The fourth-order valence-electron chi connectivity index (χ4n) is 6.03. The standard InChI is InChI=1S/C29H30F3N5O8S/c1-4-28(45-46(41,42)29(30,31)32)20-12-22-24-16(13-37(22)25(38)19(20)15-43-26(28)39)11-17-18(14-35(2)3)23(6-5-21(17)34-24)44-27(40)36-9-7-33-8-10-36/h5-6,11-12,33H,4,7-10,13-15H2,1-3H3/t28-/m0/s1. The number of aromatic nitrogens is 2. The van der Waals surface area contributed by atoms with E-state index >= 15 is 0 Å². The van der Waals surface area contributed by atoms with Gasteiger partial charge in [0.2, 0.25) is 5.60 Å². The Morgan fingerprint density at radius 3 is 2.54 bits per heavy atom. The Bertz CT molecular complexity index is 1940. The van der Waals surface area contributed by atoms with E-state index in [2.05, 4.69) is 9.50 Å². The van der Waals surface area contributed by atoms with Crippen LogP contribution in [-0.2, 0) is 49.1 Å². The SMILES string of the molecule is CC[C@@]1(OS(=O)(=O)C(F)(F)F)C(=O)OCc2c1cc1n(c2=O)Cc2cc3c(CN(C)C)c(OC(=O)N4CCNCC4)ccc3nc2-1. The quantitative estimate of drug-likeness (QED) is 0.184. The van der Waals surface area contributed by atoms with Gasteiger partial charge in [-0.05, 0) is 44.8 Å². The summed E-state index contributed by atoms with van der Waals surface area (Å²) in [5.41, 5.74) is -7.55. The van der Waals surface area contributed by atoms with Crippen LogP contribution in [0.5, 0.6) is 5.75 Å². The average Bonchev–Trinajstić information content (AvgIpc) is 3.36. The predicted molar refractivity (Wildman–Crippen MR) is 156 cm³/mol. The fourth-order valence-corrected chi connectivity index (χ4v) is 6.78. The molecule has 3 aromatic rings. The number of carbonyl (C=O) groups excluding carboxylic acids is 2. The van der Waals surface area contributed by atoms with Gasteiger partial charge in [0.15, 0.2) is 0 Å². The summed E-state index contributed by atoms with van der Waals surface area (Å²) in [4.78, 5) is 47.9. The number of amides is 1. The highest BCUT2D eigenvalue weighted by atomic mass is 32.2. The molecule has 0 radical (unpaired) electrons. The van der Waals surface area contributed by atoms with Crippen molar-refractivity contribution in [1.82, 2.24) is 24.7 Å². The molecule has 6 rings (SSSR count). The van der Waals surface area contributed by atoms with Crippen molar-refractivity contribution in [1.29, 1.82) is 0 Å². The van der Waals surface area contributed by atoms with E-state index in [4.69, 9.17) is 14.5 Å². The third-order valence-corrected chi connectivity index (χ3v) is 9.38. The van der Waals surface area contributed by atoms with Crippen molar-refractivity contribution in [3.05, 3.63) is 56.9 Å². The lowest BCUT2D eigenvalue weighted by atomic mass is 9.86. The highest BCUT2D eigenvalue weighted by Gasteiger charge is 2.58. The molecule has 0 bridgehead atoms. The van der Waals surface area contributed by atoms with Crippen molar-refractivity contribution in [2.75, 3.05) is 40.3 Å². The molecule has 1 fully saturated rings. The zero-order valence-corrected chi connectivity index (χ0v) is 25.9. The highest BCUT2D eigenvalue weighted by Crippen LogP contribution is 2.44. The maximum absolute atomic E-state index is 13.7. The monoisotopic (exact) mass is 665 g/mol. The summed E-state index contributed by atoms with van der Waals surface area (Å²) in [6.45, 7) is 3.40. The number of ether oxygens (including phenoxy) is 2. The van der Waals surface area contributed by atoms with Crippen LogP contribution in [-0.4, -0.2) is 85.6 Å². The van der Waals surface area contributed by atoms with Gasteiger partial charge in [-0.3, -0.25) is 4.79 Å². The molecule has 0 unspecified atom stereocenters. The summed E-state index contributed by atoms with van der Waals surface area (Å²) in [6, 6.07) is 6.37. The maximum Gasteiger partial charge on any atom is 0.523 e. The van der Waals surface area contributed by atoms with E-state index in [0.717, 1.165) is 0 Å². The number of cyclic esters (lactones) is 1. The molecule has 1 atom stereocenters. The largest absolute Gasteiger partial charge is 0.523 e. The Labute approximate surface area is 261 Å². The summed E-state index contributed by atoms with van der Waals surface area (Å²) >= 11 is 0. The number of rotatable bonds is 6. The molecule has 0 saturated carbocycles. The first-order chi connectivity index (χ1) is 21.7. The van der Waals surface area contributed by atoms with Crippen LogP contribution in [0, 0.1) is 0 Å². The fraction of sp³-hybridized carbons (Fsp3) is 0.448. The number of esters is 1. The summed E-state index contributed by atoms with van der Waals surface area (Å²) < 4.78 is 81.1. The van der Waals surface area contributed by atoms with Gasteiger partial charge in [0.1, 0.15) is 12.4 Å². The minimum atomic E-state index is -6.27. The first-order valence-electron chi connectivity index (χ1n) is 14.4. The molecule has 3 aliphatic rings. The number of hydrogen-bond donors (Lipinski definition) is 1. The van der Waals surface area contributed by atoms with Crippen LogP contribution in [0.4, 0.5) is 18.0 Å². The van der Waals surface area contributed by atoms with Crippen molar-refractivity contribution in [3.63, 3.8) is 0 Å². The topological polar surface area (TPSA) is 149 Å². The number of nitrogens with zero attached hydrogens (tertiary/aromatic N) is 4. The lowest BCUT2D eigenvalue weighted by Crippen LogP contribution is -2.49. The second-order valence-electron chi connectivity index (χ2n) is 11.5. The molecule has 1 saturated heterocycles. The summed E-state index contributed by atoms with van der Waals surface area (Å²) in [5, 5.41) is 3.84. The molecule has 5 heterocycles. The van der Waals surface area contributed by atoms with Crippen LogP contribution in [0.2, 0.25) is 0 Å². The Morgan fingerprint density at radius 1 is 1.17 bits per heavy atom. The van der Waals surface area contributed by atoms with E-state index < -0.39 is 51.9 Å². The maximum atomic E-state index is 13.7. The van der Waals surface area contributed by atoms with E-state index in [0.29, 0.717) is 66.2 Å². The zero-order chi connectivity index (χ0) is 33.2. The summed E-state index contributed by atoms with van der Waals surface area (Å²) in [5.74, 6) is -1.01. The number of hydrogen-bond acceptors (Lipinski definition) is 11. The molecule has 1 N–H and O–H groups in total. The summed E-state index contributed by atoms with van der Waals surface area (Å²) in [6.07, 6.45) is -1.05. The lowest BCUT2D eigenvalue weighted by Gasteiger charge is -2.35. The van der Waals surface area contributed by atoms with Crippen LogP contribution in [0.25, 0.3) is 22.3 Å². The molecular formula is C29H30F3N5O8S. The Balaban J connectivity index is 1.47. The second-order valence-corrected chi connectivity index (χ2v) is 13.0. The minimum Gasteiger partial charge on any atom is -0.458 e. The smallest absolute Gasteiger partial charge is 0.458 e. The van der Waals surface area contributed by atoms with E-state index in [1.807, 2.05) is 25.1 Å². The van der Waals surface area contributed by atoms with Gasteiger partial charge in [0, 0.05) is 54.8 Å². The van der Waals surface area contributed by atoms with E-state index in [1.54, 1.807) is 17.0 Å². The van der Waals surface area contributed by atoms with Gasteiger partial charge in [-0.1, -0.05) is 6.92 Å². The zero-order valence-electron chi connectivity index (χ0n) is 25.1. The van der Waals surface area contributed by atoms with Crippen molar-refractivity contribution in [2.24, 2.45) is 0 Å². The van der Waals surface area contributed by atoms with Gasteiger partial charge >= 0.3 is 27.7 Å². The number of fused-ring (bicyclic) bond motifs is 5. The average molecular weight is 666 g/mol. The molecular weight excluding hydrogens is 635 g/mol. The first-order valence-corrected chi connectivity index (χ1v) is 15.8. The van der Waals surface area contributed by atoms with Gasteiger partial charge in [0.05, 0.1) is 29.0 Å². The van der Waals surface area contributed by atoms with E-state index in [9.17, 15) is 36.0 Å². The van der Waals surface area contributed by atoms with Gasteiger partial charge in [0.25, 0.3) is 5.56 Å². The molecule has 1 amide bonds. The van der Waals surface area contributed by atoms with Gasteiger partial charge in [-0.2, -0.15) is 21.6 Å². The summed E-state index contributed by atoms with van der Waals surface area (Å²) in [7, 11) is -2.56. The van der Waals surface area contributed by atoms with Crippen LogP contribution in [0.1, 0.15) is 35.6 Å². The van der Waals surface area contributed by atoms with Gasteiger partial charge in [-0.25, -0.2) is 18.8 Å². The molecule has 3 aliphatic heterocycles. The molecule has 0 aliphatic carbocycles. The van der Waals surface area contributed by atoms with Crippen molar-refractivity contribution in [2.45, 2.75) is 44.2 Å². The third-order valence-electron chi connectivity index (χ3n) is 8.31. The van der Waals surface area contributed by atoms with E-state index in [-0.39, 0.29) is 23.4 Å². The number of pyridine rings is 2. The first kappa shape index (κ1) is 31.9. The van der Waals surface area contributed by atoms with Gasteiger partial charge < -0.3 is 29.2 Å². The molecule has 13 nitrogen and oxygen atoms in total. The molecule has 0 spiro atoms. The van der Waals surface area contributed by atoms with Crippen LogP contribution in [0.15, 0.2) is 29.1 Å². The highest BCUT2D eigenvalue weighted by molar-refractivity contribution is 7.87. The Kier molecular flexibility index (Phi) is 7.85. The number of carbonyl (C=O) groups is 2. The van der Waals surface area contributed by atoms with Crippen LogP contribution >= 0.6 is 0 Å².